The molecule has 2 aromatic rings. The Morgan fingerprint density at radius 1 is 0.889 bits per heavy atom. The summed E-state index contributed by atoms with van der Waals surface area (Å²) in [5.74, 6) is 0.503. The molecular formula is C24H27Cl4N3O4S. The number of carbonyl (C=O) groups excluding carboxylic acids is 1. The van der Waals surface area contributed by atoms with Crippen molar-refractivity contribution >= 4 is 62.5 Å². The van der Waals surface area contributed by atoms with Crippen LogP contribution in [-0.4, -0.2) is 80.2 Å². The lowest BCUT2D eigenvalue weighted by Crippen LogP contribution is -2.53. The Morgan fingerprint density at radius 2 is 1.50 bits per heavy atom. The topological polar surface area (TPSA) is 70.2 Å². The average Bonchev–Trinajstić information content (AvgIpc) is 3.28. The first-order valence-electron chi connectivity index (χ1n) is 11.5. The Morgan fingerprint density at radius 3 is 2.08 bits per heavy atom. The minimum atomic E-state index is -3.28. The fraction of sp³-hybridized carbons (Fsp3) is 0.458. The average molecular weight is 595 g/mol. The van der Waals surface area contributed by atoms with E-state index in [9.17, 15) is 13.2 Å². The zero-order valence-electron chi connectivity index (χ0n) is 19.8. The van der Waals surface area contributed by atoms with E-state index < -0.39 is 10.0 Å². The molecule has 3 atom stereocenters. The lowest BCUT2D eigenvalue weighted by atomic mass is 9.85. The van der Waals surface area contributed by atoms with Crippen LogP contribution < -0.4 is 4.74 Å². The Labute approximate surface area is 231 Å². The van der Waals surface area contributed by atoms with Gasteiger partial charge >= 0.3 is 6.03 Å². The maximum atomic E-state index is 13.4. The second kappa shape index (κ2) is 11.1. The van der Waals surface area contributed by atoms with E-state index in [1.807, 2.05) is 24.0 Å². The van der Waals surface area contributed by atoms with Crippen molar-refractivity contribution in [1.82, 2.24) is 14.1 Å². The molecule has 0 saturated carbocycles. The van der Waals surface area contributed by atoms with Gasteiger partial charge in [0.1, 0.15) is 11.9 Å². The third-order valence-electron chi connectivity index (χ3n) is 6.80. The summed E-state index contributed by atoms with van der Waals surface area (Å²) in [5.41, 5.74) is 0.969. The van der Waals surface area contributed by atoms with Gasteiger partial charge in [-0.25, -0.2) is 13.2 Å². The molecule has 2 saturated heterocycles. The van der Waals surface area contributed by atoms with Crippen LogP contribution in [0.25, 0.3) is 0 Å². The molecular weight excluding hydrogens is 568 g/mol. The van der Waals surface area contributed by atoms with Crippen molar-refractivity contribution in [3.05, 3.63) is 62.1 Å². The maximum Gasteiger partial charge on any atom is 0.320 e. The van der Waals surface area contributed by atoms with Crippen molar-refractivity contribution in [2.75, 3.05) is 45.5 Å². The van der Waals surface area contributed by atoms with E-state index in [2.05, 4.69) is 0 Å². The van der Waals surface area contributed by atoms with Gasteiger partial charge in [-0.2, -0.15) is 4.31 Å². The van der Waals surface area contributed by atoms with Crippen molar-refractivity contribution in [3.8, 4) is 5.75 Å². The molecule has 2 amide bonds. The number of piperazine rings is 1. The van der Waals surface area contributed by atoms with Crippen LogP contribution in [0.15, 0.2) is 36.4 Å². The molecule has 196 valence electrons. The van der Waals surface area contributed by atoms with Crippen LogP contribution in [0, 0.1) is 5.92 Å². The van der Waals surface area contributed by atoms with E-state index in [0.29, 0.717) is 52.0 Å². The third kappa shape index (κ3) is 6.17. The minimum absolute atomic E-state index is 0.0428. The predicted molar refractivity (Wildman–Crippen MR) is 144 cm³/mol. The van der Waals surface area contributed by atoms with Crippen LogP contribution in [-0.2, 0) is 10.0 Å². The maximum absolute atomic E-state index is 13.4. The van der Waals surface area contributed by atoms with Crippen LogP contribution in [0.4, 0.5) is 4.79 Å². The highest BCUT2D eigenvalue weighted by molar-refractivity contribution is 7.88. The van der Waals surface area contributed by atoms with E-state index in [1.165, 1.54) is 10.6 Å². The fourth-order valence-electron chi connectivity index (χ4n) is 4.82. The van der Waals surface area contributed by atoms with Crippen LogP contribution in [0.3, 0.4) is 0 Å². The number of rotatable bonds is 5. The summed E-state index contributed by atoms with van der Waals surface area (Å²) in [6, 6.07) is 10.5. The van der Waals surface area contributed by atoms with E-state index in [-0.39, 0.29) is 37.1 Å². The molecule has 2 heterocycles. The second-order valence-corrected chi connectivity index (χ2v) is 12.8. The number of urea groups is 1. The molecule has 2 fully saturated rings. The number of halogens is 4. The largest absolute Gasteiger partial charge is 0.490 e. The van der Waals surface area contributed by atoms with Crippen molar-refractivity contribution in [1.29, 1.82) is 0 Å². The number of sulfonamides is 1. The van der Waals surface area contributed by atoms with Gasteiger partial charge in [-0.15, -0.1) is 0 Å². The Kier molecular flexibility index (Phi) is 8.54. The first kappa shape index (κ1) is 27.6. The van der Waals surface area contributed by atoms with Gasteiger partial charge in [0.25, 0.3) is 0 Å². The van der Waals surface area contributed by atoms with Gasteiger partial charge in [-0.3, -0.25) is 0 Å². The molecule has 12 heteroatoms. The van der Waals surface area contributed by atoms with Crippen LogP contribution in [0.2, 0.25) is 20.1 Å². The molecule has 0 radical (unpaired) electrons. The van der Waals surface area contributed by atoms with Crippen molar-refractivity contribution in [2.45, 2.75) is 18.9 Å². The van der Waals surface area contributed by atoms with Crippen molar-refractivity contribution in [2.24, 2.45) is 5.92 Å². The lowest BCUT2D eigenvalue weighted by Gasteiger charge is -2.35. The summed E-state index contributed by atoms with van der Waals surface area (Å²) < 4.78 is 31.3. The normalized spacial score (nSPS) is 22.1. The number of carbonyl (C=O) groups is 1. The van der Waals surface area contributed by atoms with Crippen molar-refractivity contribution < 1.29 is 17.9 Å². The van der Waals surface area contributed by atoms with E-state index in [0.717, 1.165) is 5.56 Å². The summed E-state index contributed by atoms with van der Waals surface area (Å²) in [7, 11) is -3.28. The number of likely N-dealkylation sites (tertiary alicyclic amines) is 1. The standard InChI is InChI=1S/C24H27Cl4N3O4S/c1-15(35-17-4-6-21(26)23(28)12-17)18-13-30(14-19(18)16-3-5-20(25)22(27)11-16)24(32)29-7-9-31(10-8-29)36(2,33)34/h3-6,11-12,15,18-19H,7-10,13-14H2,1-2H3. The Balaban J connectivity index is 1.53. The molecule has 7 nitrogen and oxygen atoms in total. The molecule has 0 N–H and O–H groups in total. The molecule has 0 bridgehead atoms. The Hall–Kier alpha value is -1.42. The van der Waals surface area contributed by atoms with Gasteiger partial charge in [0.2, 0.25) is 10.0 Å². The molecule has 0 aliphatic carbocycles. The van der Waals surface area contributed by atoms with Gasteiger partial charge in [0.15, 0.2) is 0 Å². The molecule has 4 rings (SSSR count). The van der Waals surface area contributed by atoms with E-state index >= 15 is 0 Å². The van der Waals surface area contributed by atoms with Crippen molar-refractivity contribution in [3.63, 3.8) is 0 Å². The smallest absolute Gasteiger partial charge is 0.320 e. The fourth-order valence-corrected chi connectivity index (χ4v) is 6.24. The zero-order valence-corrected chi connectivity index (χ0v) is 23.7. The highest BCUT2D eigenvalue weighted by atomic mass is 35.5. The van der Waals surface area contributed by atoms with Crippen LogP contribution >= 0.6 is 46.4 Å². The van der Waals surface area contributed by atoms with Gasteiger partial charge in [-0.1, -0.05) is 52.5 Å². The highest BCUT2D eigenvalue weighted by Crippen LogP contribution is 2.39. The summed E-state index contributed by atoms with van der Waals surface area (Å²) in [6.45, 7) is 4.18. The number of nitrogens with zero attached hydrogens (tertiary/aromatic N) is 3. The number of benzene rings is 2. The van der Waals surface area contributed by atoms with Gasteiger partial charge in [0, 0.05) is 57.2 Å². The molecule has 3 unspecified atom stereocenters. The summed E-state index contributed by atoms with van der Waals surface area (Å²) in [5, 5.41) is 1.76. The van der Waals surface area contributed by atoms with Crippen LogP contribution in [0.1, 0.15) is 18.4 Å². The second-order valence-electron chi connectivity index (χ2n) is 9.18. The first-order chi connectivity index (χ1) is 16.9. The quantitative estimate of drug-likeness (QED) is 0.460. The zero-order chi connectivity index (χ0) is 26.2. The lowest BCUT2D eigenvalue weighted by molar-refractivity contribution is 0.129. The molecule has 2 aliphatic rings. The molecule has 2 aromatic carbocycles. The van der Waals surface area contributed by atoms with E-state index in [4.69, 9.17) is 51.1 Å². The van der Waals surface area contributed by atoms with Gasteiger partial charge in [0.05, 0.1) is 26.3 Å². The van der Waals surface area contributed by atoms with Gasteiger partial charge in [-0.05, 0) is 36.8 Å². The molecule has 36 heavy (non-hydrogen) atoms. The Bertz CT molecular complexity index is 1240. The first-order valence-corrected chi connectivity index (χ1v) is 14.9. The SMILES string of the molecule is CC(Oc1ccc(Cl)c(Cl)c1)C1CN(C(=O)N2CCN(S(C)(=O)=O)CC2)CC1c1ccc(Cl)c(Cl)c1. The molecule has 2 aliphatic heterocycles. The summed E-state index contributed by atoms with van der Waals surface area (Å²) in [6.07, 6.45) is 0.925. The number of amides is 2. The highest BCUT2D eigenvalue weighted by Gasteiger charge is 2.42. The molecule has 0 spiro atoms. The van der Waals surface area contributed by atoms with Crippen LogP contribution in [0.5, 0.6) is 5.75 Å². The number of ether oxygens (including phenoxy) is 1. The monoisotopic (exact) mass is 593 g/mol. The summed E-state index contributed by atoms with van der Waals surface area (Å²) in [4.78, 5) is 16.9. The summed E-state index contributed by atoms with van der Waals surface area (Å²) >= 11 is 24.7. The molecule has 0 aromatic heterocycles. The van der Waals surface area contributed by atoms with E-state index in [1.54, 1.807) is 29.2 Å². The predicted octanol–water partition coefficient (Wildman–Crippen LogP) is 5.48. The minimum Gasteiger partial charge on any atom is -0.490 e. The number of hydrogen-bond donors (Lipinski definition) is 0. The third-order valence-corrected chi connectivity index (χ3v) is 9.58. The van der Waals surface area contributed by atoms with Gasteiger partial charge < -0.3 is 14.5 Å². The number of hydrogen-bond acceptors (Lipinski definition) is 4.